The van der Waals surface area contributed by atoms with Crippen molar-refractivity contribution in [2.75, 3.05) is 18.5 Å². The van der Waals surface area contributed by atoms with Gasteiger partial charge in [-0.3, -0.25) is 4.79 Å². The Morgan fingerprint density at radius 2 is 2.04 bits per heavy atom. The molecule has 3 heterocycles. The molecule has 0 radical (unpaired) electrons. The van der Waals surface area contributed by atoms with Gasteiger partial charge in [-0.15, -0.1) is 0 Å². The van der Waals surface area contributed by atoms with E-state index in [1.807, 2.05) is 6.07 Å². The molecule has 1 N–H and O–H groups in total. The van der Waals surface area contributed by atoms with Crippen molar-refractivity contribution >= 4 is 11.9 Å². The number of amides is 1. The number of piperidine rings is 1. The molecule has 26 heavy (non-hydrogen) atoms. The van der Waals surface area contributed by atoms with Gasteiger partial charge in [0.25, 0.3) is 5.91 Å². The Morgan fingerprint density at radius 3 is 2.73 bits per heavy atom. The first-order chi connectivity index (χ1) is 12.3. The molecule has 2 aromatic rings. The van der Waals surface area contributed by atoms with Gasteiger partial charge in [0.2, 0.25) is 5.95 Å². The molecule has 1 unspecified atom stereocenters. The Balaban J connectivity index is 1.97. The molecule has 0 aromatic carbocycles. The first-order valence-electron chi connectivity index (χ1n) is 8.37. The fourth-order valence-electron chi connectivity index (χ4n) is 3.34. The predicted molar refractivity (Wildman–Crippen MR) is 89.8 cm³/mol. The summed E-state index contributed by atoms with van der Waals surface area (Å²) in [5.41, 5.74) is 0.395. The third kappa shape index (κ3) is 3.38. The minimum Gasteiger partial charge on any atom is -0.354 e. The molecule has 1 saturated heterocycles. The molecule has 1 fully saturated rings. The highest BCUT2D eigenvalue weighted by Crippen LogP contribution is 2.35. The van der Waals surface area contributed by atoms with Crippen LogP contribution in [-0.4, -0.2) is 34.0 Å². The first kappa shape index (κ1) is 18.2. The van der Waals surface area contributed by atoms with Crippen LogP contribution in [0.1, 0.15) is 47.2 Å². The van der Waals surface area contributed by atoms with Gasteiger partial charge in [0.1, 0.15) is 11.4 Å². The quantitative estimate of drug-likeness (QED) is 0.906. The molecule has 0 aliphatic carbocycles. The van der Waals surface area contributed by atoms with Gasteiger partial charge in [-0.1, -0.05) is 0 Å². The van der Waals surface area contributed by atoms with Gasteiger partial charge in [-0.2, -0.15) is 13.2 Å². The normalized spacial score (nSPS) is 18.0. The largest absolute Gasteiger partial charge is 0.433 e. The summed E-state index contributed by atoms with van der Waals surface area (Å²) in [6.07, 6.45) is -0.827. The summed E-state index contributed by atoms with van der Waals surface area (Å²) in [6, 6.07) is 4.24. The van der Waals surface area contributed by atoms with E-state index in [1.54, 1.807) is 29.6 Å². The number of halogens is 3. The van der Waals surface area contributed by atoms with Gasteiger partial charge < -0.3 is 14.8 Å². The van der Waals surface area contributed by atoms with Crippen LogP contribution >= 0.6 is 0 Å². The van der Waals surface area contributed by atoms with E-state index < -0.39 is 11.9 Å². The number of rotatable bonds is 3. The summed E-state index contributed by atoms with van der Waals surface area (Å²) >= 11 is 0. The van der Waals surface area contributed by atoms with Crippen molar-refractivity contribution in [1.82, 2.24) is 19.9 Å². The fraction of sp³-hybridized carbons (Fsp3) is 0.471. The van der Waals surface area contributed by atoms with Crippen LogP contribution in [-0.2, 0) is 13.2 Å². The molecule has 0 spiro atoms. The molecule has 1 atom stereocenters. The maximum atomic E-state index is 13.0. The average Bonchev–Trinajstić information content (AvgIpc) is 3.02. The van der Waals surface area contributed by atoms with Crippen molar-refractivity contribution in [1.29, 1.82) is 0 Å². The van der Waals surface area contributed by atoms with Crippen molar-refractivity contribution < 1.29 is 18.0 Å². The Bertz CT molecular complexity index is 802. The summed E-state index contributed by atoms with van der Waals surface area (Å²) < 4.78 is 40.8. The second-order valence-electron chi connectivity index (χ2n) is 6.23. The zero-order valence-electron chi connectivity index (χ0n) is 14.5. The van der Waals surface area contributed by atoms with E-state index in [0.29, 0.717) is 12.2 Å². The minimum atomic E-state index is -4.51. The number of aromatic nitrogens is 3. The smallest absolute Gasteiger partial charge is 0.354 e. The van der Waals surface area contributed by atoms with Gasteiger partial charge in [0.15, 0.2) is 0 Å². The van der Waals surface area contributed by atoms with Crippen molar-refractivity contribution in [3.8, 4) is 0 Å². The zero-order valence-corrected chi connectivity index (χ0v) is 14.5. The minimum absolute atomic E-state index is 0.0622. The molecule has 6 nitrogen and oxygen atoms in total. The van der Waals surface area contributed by atoms with E-state index in [-0.39, 0.29) is 17.9 Å². The molecule has 2 aromatic heterocycles. The van der Waals surface area contributed by atoms with Crippen molar-refractivity contribution in [2.45, 2.75) is 31.5 Å². The van der Waals surface area contributed by atoms with Crippen LogP contribution in [0.4, 0.5) is 19.1 Å². The highest BCUT2D eigenvalue weighted by molar-refractivity contribution is 5.92. The van der Waals surface area contributed by atoms with E-state index in [1.165, 1.54) is 0 Å². The number of alkyl halides is 3. The van der Waals surface area contributed by atoms with E-state index in [2.05, 4.69) is 15.3 Å². The Hall–Kier alpha value is -2.58. The predicted octanol–water partition coefficient (Wildman–Crippen LogP) is 2.93. The van der Waals surface area contributed by atoms with Crippen LogP contribution in [0.15, 0.2) is 24.4 Å². The number of carbonyl (C=O) groups excluding carboxylic acids is 1. The SMILES string of the molecule is CNC(=O)c1ccc(C2CCCCN2c2nccc(C(F)(F)F)n2)n1C. The zero-order chi connectivity index (χ0) is 18.9. The summed E-state index contributed by atoms with van der Waals surface area (Å²) in [7, 11) is 3.33. The second kappa shape index (κ2) is 6.97. The average molecular weight is 367 g/mol. The third-order valence-corrected chi connectivity index (χ3v) is 4.65. The fourth-order valence-corrected chi connectivity index (χ4v) is 3.34. The Morgan fingerprint density at radius 1 is 1.27 bits per heavy atom. The van der Waals surface area contributed by atoms with Crippen LogP contribution in [0.2, 0.25) is 0 Å². The third-order valence-electron chi connectivity index (χ3n) is 4.65. The van der Waals surface area contributed by atoms with Crippen molar-refractivity contribution in [3.05, 3.63) is 41.5 Å². The monoisotopic (exact) mass is 367 g/mol. The highest BCUT2D eigenvalue weighted by Gasteiger charge is 2.35. The van der Waals surface area contributed by atoms with Crippen LogP contribution < -0.4 is 10.2 Å². The lowest BCUT2D eigenvalue weighted by Gasteiger charge is -2.36. The molecule has 1 aliphatic rings. The molecule has 3 rings (SSSR count). The number of anilines is 1. The van der Waals surface area contributed by atoms with Crippen molar-refractivity contribution in [3.63, 3.8) is 0 Å². The second-order valence-corrected chi connectivity index (χ2v) is 6.23. The Kier molecular flexibility index (Phi) is 4.88. The maximum Gasteiger partial charge on any atom is 0.433 e. The number of carbonyl (C=O) groups is 1. The first-order valence-corrected chi connectivity index (χ1v) is 8.37. The number of nitrogens with one attached hydrogen (secondary N) is 1. The lowest BCUT2D eigenvalue weighted by molar-refractivity contribution is -0.141. The topological polar surface area (TPSA) is 63.1 Å². The molecule has 0 bridgehead atoms. The molecule has 1 aliphatic heterocycles. The standard InChI is InChI=1S/C17H20F3N5O/c1-21-15(26)13-7-6-11(24(13)2)12-5-3-4-10-25(12)16-22-9-8-14(23-16)17(18,19)20/h6-9,12H,3-5,10H2,1-2H3,(H,21,26). The molecule has 9 heteroatoms. The summed E-state index contributed by atoms with van der Waals surface area (Å²) in [5, 5.41) is 2.58. The molecule has 140 valence electrons. The summed E-state index contributed by atoms with van der Waals surface area (Å²) in [5.74, 6) is -0.149. The van der Waals surface area contributed by atoms with Gasteiger partial charge in [0, 0.05) is 32.5 Å². The van der Waals surface area contributed by atoms with Gasteiger partial charge in [-0.05, 0) is 37.5 Å². The Labute approximate surface area is 149 Å². The molecular weight excluding hydrogens is 347 g/mol. The van der Waals surface area contributed by atoms with E-state index in [0.717, 1.165) is 37.2 Å². The number of hydrogen-bond donors (Lipinski definition) is 1. The van der Waals surface area contributed by atoms with E-state index >= 15 is 0 Å². The number of hydrogen-bond acceptors (Lipinski definition) is 4. The van der Waals surface area contributed by atoms with Gasteiger partial charge in [0.05, 0.1) is 6.04 Å². The van der Waals surface area contributed by atoms with E-state index in [9.17, 15) is 18.0 Å². The number of nitrogens with zero attached hydrogens (tertiary/aromatic N) is 4. The van der Waals surface area contributed by atoms with E-state index in [4.69, 9.17) is 0 Å². The van der Waals surface area contributed by atoms with Gasteiger partial charge >= 0.3 is 6.18 Å². The molecule has 0 saturated carbocycles. The summed E-state index contributed by atoms with van der Waals surface area (Å²) in [4.78, 5) is 21.5. The van der Waals surface area contributed by atoms with Crippen LogP contribution in [0.25, 0.3) is 0 Å². The van der Waals surface area contributed by atoms with Crippen LogP contribution in [0.3, 0.4) is 0 Å². The van der Waals surface area contributed by atoms with Crippen LogP contribution in [0, 0.1) is 0 Å². The molecular formula is C17H20F3N5O. The van der Waals surface area contributed by atoms with Crippen LogP contribution in [0.5, 0.6) is 0 Å². The van der Waals surface area contributed by atoms with Crippen molar-refractivity contribution in [2.24, 2.45) is 7.05 Å². The lowest BCUT2D eigenvalue weighted by atomic mass is 9.99. The summed E-state index contributed by atoms with van der Waals surface area (Å²) in [6.45, 7) is 0.562. The molecule has 1 amide bonds. The maximum absolute atomic E-state index is 13.0. The van der Waals surface area contributed by atoms with Gasteiger partial charge in [-0.25, -0.2) is 9.97 Å². The highest BCUT2D eigenvalue weighted by atomic mass is 19.4. The lowest BCUT2D eigenvalue weighted by Crippen LogP contribution is -2.36.